The number of rotatable bonds is 8. The molecule has 0 fully saturated rings. The molecule has 0 spiro atoms. The van der Waals surface area contributed by atoms with Gasteiger partial charge < -0.3 is 10.2 Å². The molecule has 0 amide bonds. The smallest absolute Gasteiger partial charge is 0.148 e. The molecule has 0 aliphatic heterocycles. The molecule has 14 heavy (non-hydrogen) atoms. The molecule has 0 aromatic heterocycles. The van der Waals surface area contributed by atoms with Gasteiger partial charge in [0.15, 0.2) is 0 Å². The maximum Gasteiger partial charge on any atom is 0.148 e. The first-order chi connectivity index (χ1) is 6.49. The van der Waals surface area contributed by atoms with E-state index in [0.717, 1.165) is 26.2 Å². The summed E-state index contributed by atoms with van der Waals surface area (Å²) in [4.78, 5) is 2.14. The molecule has 0 unspecified atom stereocenters. The van der Waals surface area contributed by atoms with Crippen LogP contribution in [0.4, 0.5) is 0 Å². The summed E-state index contributed by atoms with van der Waals surface area (Å²) in [6.45, 7) is 8.46. The quantitative estimate of drug-likeness (QED) is 0.586. The summed E-state index contributed by atoms with van der Waals surface area (Å²) in [5.74, 6) is 0.257. The molecule has 0 aliphatic carbocycles. The van der Waals surface area contributed by atoms with Gasteiger partial charge in [0.2, 0.25) is 0 Å². The van der Waals surface area contributed by atoms with Crippen LogP contribution in [-0.4, -0.2) is 58.1 Å². The zero-order chi connectivity index (χ0) is 11.0. The van der Waals surface area contributed by atoms with Crippen LogP contribution >= 0.6 is 0 Å². The highest BCUT2D eigenvalue weighted by molar-refractivity contribution is 7.90. The van der Waals surface area contributed by atoms with E-state index in [-0.39, 0.29) is 5.75 Å². The Morgan fingerprint density at radius 1 is 1.21 bits per heavy atom. The van der Waals surface area contributed by atoms with Crippen molar-refractivity contribution in [3.63, 3.8) is 0 Å². The lowest BCUT2D eigenvalue weighted by molar-refractivity contribution is 0.304. The maximum absolute atomic E-state index is 10.9. The van der Waals surface area contributed by atoms with Gasteiger partial charge in [0.25, 0.3) is 0 Å². The molecule has 1 N–H and O–H groups in total. The lowest BCUT2D eigenvalue weighted by Crippen LogP contribution is -2.35. The van der Waals surface area contributed by atoms with Gasteiger partial charge in [-0.15, -0.1) is 0 Å². The number of sulfone groups is 1. The van der Waals surface area contributed by atoms with Crippen molar-refractivity contribution in [2.75, 3.05) is 44.7 Å². The molecule has 0 aliphatic rings. The van der Waals surface area contributed by atoms with Crippen LogP contribution in [0.2, 0.25) is 0 Å². The van der Waals surface area contributed by atoms with E-state index in [2.05, 4.69) is 17.1 Å². The van der Waals surface area contributed by atoms with Crippen LogP contribution in [-0.2, 0) is 9.84 Å². The van der Waals surface area contributed by atoms with Crippen molar-refractivity contribution >= 4 is 9.84 Å². The summed E-state index contributed by atoms with van der Waals surface area (Å²) in [5.41, 5.74) is 0. The molecule has 0 heterocycles. The van der Waals surface area contributed by atoms with Gasteiger partial charge in [0.05, 0.1) is 5.75 Å². The van der Waals surface area contributed by atoms with Crippen molar-refractivity contribution in [2.24, 2.45) is 0 Å². The zero-order valence-electron chi connectivity index (χ0n) is 9.41. The van der Waals surface area contributed by atoms with E-state index in [1.807, 2.05) is 6.92 Å². The highest BCUT2D eigenvalue weighted by Crippen LogP contribution is 1.90. The fraction of sp³-hybridized carbons (Fsp3) is 1.00. The predicted molar refractivity (Wildman–Crippen MR) is 60.4 cm³/mol. The van der Waals surface area contributed by atoms with Crippen molar-refractivity contribution in [2.45, 2.75) is 13.8 Å². The molecule has 0 bridgehead atoms. The van der Waals surface area contributed by atoms with Crippen molar-refractivity contribution < 1.29 is 8.42 Å². The van der Waals surface area contributed by atoms with E-state index in [0.29, 0.717) is 6.54 Å². The summed E-state index contributed by atoms with van der Waals surface area (Å²) in [6.07, 6.45) is 1.28. The fourth-order valence-electron chi connectivity index (χ4n) is 1.14. The lowest BCUT2D eigenvalue weighted by atomic mass is 10.4. The van der Waals surface area contributed by atoms with Crippen LogP contribution in [0.25, 0.3) is 0 Å². The number of nitrogens with one attached hydrogen (secondary N) is 1. The zero-order valence-corrected chi connectivity index (χ0v) is 10.2. The van der Waals surface area contributed by atoms with Crippen LogP contribution < -0.4 is 5.32 Å². The summed E-state index contributed by atoms with van der Waals surface area (Å²) in [5, 5.41) is 3.22. The summed E-state index contributed by atoms with van der Waals surface area (Å²) >= 11 is 0. The van der Waals surface area contributed by atoms with Crippen LogP contribution in [0.1, 0.15) is 13.8 Å². The van der Waals surface area contributed by atoms with E-state index >= 15 is 0 Å². The Morgan fingerprint density at radius 2 is 1.86 bits per heavy atom. The molecule has 0 rings (SSSR count). The standard InChI is InChI=1S/C9H22N2O2S/c1-4-10-6-7-11(5-2)8-9-14(3,12)13/h10H,4-9H2,1-3H3. The number of likely N-dealkylation sites (N-methyl/N-ethyl adjacent to an activating group) is 2. The van der Waals surface area contributed by atoms with Crippen molar-refractivity contribution in [3.8, 4) is 0 Å². The first-order valence-corrected chi connectivity index (χ1v) is 7.16. The highest BCUT2D eigenvalue weighted by Gasteiger charge is 2.06. The van der Waals surface area contributed by atoms with Gasteiger partial charge in [0.1, 0.15) is 9.84 Å². The minimum atomic E-state index is -2.82. The number of nitrogens with zero attached hydrogens (tertiary/aromatic N) is 1. The third-order valence-corrected chi connectivity index (χ3v) is 3.00. The lowest BCUT2D eigenvalue weighted by Gasteiger charge is -2.19. The van der Waals surface area contributed by atoms with Crippen molar-refractivity contribution in [3.05, 3.63) is 0 Å². The van der Waals surface area contributed by atoms with E-state index in [4.69, 9.17) is 0 Å². The van der Waals surface area contributed by atoms with Gasteiger partial charge in [-0.1, -0.05) is 13.8 Å². The SMILES string of the molecule is CCNCCN(CC)CCS(C)(=O)=O. The van der Waals surface area contributed by atoms with Crippen LogP contribution in [0.3, 0.4) is 0 Å². The largest absolute Gasteiger partial charge is 0.316 e. The van der Waals surface area contributed by atoms with Crippen molar-refractivity contribution in [1.29, 1.82) is 0 Å². The van der Waals surface area contributed by atoms with E-state index in [1.165, 1.54) is 6.26 Å². The van der Waals surface area contributed by atoms with Gasteiger partial charge >= 0.3 is 0 Å². The average Bonchev–Trinajstić information content (AvgIpc) is 2.09. The Bertz CT molecular complexity index is 227. The summed E-state index contributed by atoms with van der Waals surface area (Å²) in [6, 6.07) is 0. The molecule has 4 nitrogen and oxygen atoms in total. The second-order valence-corrected chi connectivity index (χ2v) is 5.68. The topological polar surface area (TPSA) is 49.4 Å². The minimum absolute atomic E-state index is 0.257. The Hall–Kier alpha value is -0.130. The van der Waals surface area contributed by atoms with Gasteiger partial charge in [0, 0.05) is 25.9 Å². The Kier molecular flexibility index (Phi) is 7.13. The van der Waals surface area contributed by atoms with E-state index in [1.54, 1.807) is 0 Å². The van der Waals surface area contributed by atoms with Crippen LogP contribution in [0, 0.1) is 0 Å². The average molecular weight is 222 g/mol. The van der Waals surface area contributed by atoms with E-state index in [9.17, 15) is 8.42 Å². The first-order valence-electron chi connectivity index (χ1n) is 5.10. The van der Waals surface area contributed by atoms with Gasteiger partial charge in [-0.3, -0.25) is 0 Å². The summed E-state index contributed by atoms with van der Waals surface area (Å²) < 4.78 is 21.9. The van der Waals surface area contributed by atoms with Crippen LogP contribution in [0.5, 0.6) is 0 Å². The summed E-state index contributed by atoms with van der Waals surface area (Å²) in [7, 11) is -2.82. The molecule has 0 aromatic rings. The molecule has 0 saturated carbocycles. The molecule has 86 valence electrons. The van der Waals surface area contributed by atoms with Gasteiger partial charge in [-0.05, 0) is 13.1 Å². The normalized spacial score (nSPS) is 12.3. The van der Waals surface area contributed by atoms with E-state index < -0.39 is 9.84 Å². The molecule has 0 atom stereocenters. The molecule has 0 saturated heterocycles. The molecule has 0 radical (unpaired) electrons. The highest BCUT2D eigenvalue weighted by atomic mass is 32.2. The Balaban J connectivity index is 3.69. The fourth-order valence-corrected chi connectivity index (χ4v) is 1.73. The maximum atomic E-state index is 10.9. The van der Waals surface area contributed by atoms with Gasteiger partial charge in [-0.25, -0.2) is 8.42 Å². The minimum Gasteiger partial charge on any atom is -0.316 e. The predicted octanol–water partition coefficient (Wildman–Crippen LogP) is -0.0376. The molecule has 5 heteroatoms. The van der Waals surface area contributed by atoms with Crippen molar-refractivity contribution in [1.82, 2.24) is 10.2 Å². The van der Waals surface area contributed by atoms with Crippen LogP contribution in [0.15, 0.2) is 0 Å². The Labute approximate surface area is 87.6 Å². The Morgan fingerprint density at radius 3 is 2.29 bits per heavy atom. The molecular formula is C9H22N2O2S. The van der Waals surface area contributed by atoms with Gasteiger partial charge in [-0.2, -0.15) is 0 Å². The number of hydrogen-bond donors (Lipinski definition) is 1. The third kappa shape index (κ3) is 8.47. The monoisotopic (exact) mass is 222 g/mol. The second-order valence-electron chi connectivity index (χ2n) is 3.42. The molecule has 0 aromatic carbocycles. The first kappa shape index (κ1) is 13.9. The molecular weight excluding hydrogens is 200 g/mol. The number of hydrogen-bond acceptors (Lipinski definition) is 4. The third-order valence-electron chi connectivity index (χ3n) is 2.08. The second kappa shape index (κ2) is 7.20.